The fourth-order valence-electron chi connectivity index (χ4n) is 1.39. The van der Waals surface area contributed by atoms with Crippen molar-refractivity contribution in [3.63, 3.8) is 0 Å². The van der Waals surface area contributed by atoms with Gasteiger partial charge in [0, 0.05) is 22.6 Å². The van der Waals surface area contributed by atoms with Crippen molar-refractivity contribution >= 4 is 40.2 Å². The quantitative estimate of drug-likeness (QED) is 0.738. The van der Waals surface area contributed by atoms with Crippen molar-refractivity contribution in [2.75, 3.05) is 5.32 Å². The monoisotopic (exact) mass is 265 g/mol. The van der Waals surface area contributed by atoms with Crippen molar-refractivity contribution in [3.8, 4) is 0 Å². The van der Waals surface area contributed by atoms with E-state index in [1.807, 2.05) is 0 Å². The van der Waals surface area contributed by atoms with Gasteiger partial charge in [0.1, 0.15) is 0 Å². The molecule has 3 N–H and O–H groups in total. The third kappa shape index (κ3) is 2.67. The number of nitrogens with zero attached hydrogens (tertiary/aromatic N) is 1. The van der Waals surface area contributed by atoms with Crippen LogP contribution < -0.4 is 5.32 Å². The van der Waals surface area contributed by atoms with Crippen LogP contribution in [0.5, 0.6) is 0 Å². The molecular formula is C11H8ClN3O3. The predicted molar refractivity (Wildman–Crippen MR) is 66.5 cm³/mol. The molecule has 18 heavy (non-hydrogen) atoms. The van der Waals surface area contributed by atoms with Crippen LogP contribution in [0.15, 0.2) is 30.4 Å². The summed E-state index contributed by atoms with van der Waals surface area (Å²) in [4.78, 5) is 21.6. The Morgan fingerprint density at radius 2 is 2.17 bits per heavy atom. The Morgan fingerprint density at radius 1 is 1.39 bits per heavy atom. The number of carbonyl (C=O) groups is 2. The second kappa shape index (κ2) is 4.89. The van der Waals surface area contributed by atoms with Gasteiger partial charge in [0.15, 0.2) is 5.82 Å². The van der Waals surface area contributed by atoms with E-state index < -0.39 is 11.9 Å². The molecule has 0 aliphatic carbocycles. The van der Waals surface area contributed by atoms with E-state index >= 15 is 0 Å². The van der Waals surface area contributed by atoms with Gasteiger partial charge in [-0.2, -0.15) is 5.10 Å². The number of carboxylic acids is 1. The van der Waals surface area contributed by atoms with Gasteiger partial charge in [-0.05, 0) is 18.2 Å². The van der Waals surface area contributed by atoms with E-state index in [2.05, 4.69) is 15.5 Å². The molecule has 2 rings (SSSR count). The van der Waals surface area contributed by atoms with Gasteiger partial charge in [0.2, 0.25) is 5.91 Å². The Hall–Kier alpha value is -2.34. The Bertz CT molecular complexity index is 648. The zero-order valence-corrected chi connectivity index (χ0v) is 9.73. The topological polar surface area (TPSA) is 95.1 Å². The van der Waals surface area contributed by atoms with Crippen molar-refractivity contribution in [2.45, 2.75) is 0 Å². The minimum Gasteiger partial charge on any atom is -0.478 e. The molecule has 0 saturated carbocycles. The number of H-pyrrole nitrogens is 1. The van der Waals surface area contributed by atoms with Crippen LogP contribution in [0.2, 0.25) is 5.02 Å². The van der Waals surface area contributed by atoms with Gasteiger partial charge in [-0.1, -0.05) is 11.6 Å². The molecule has 0 fully saturated rings. The number of rotatable bonds is 3. The van der Waals surface area contributed by atoms with E-state index in [9.17, 15) is 9.59 Å². The van der Waals surface area contributed by atoms with Gasteiger partial charge >= 0.3 is 5.97 Å². The zero-order valence-electron chi connectivity index (χ0n) is 8.98. The molecule has 0 radical (unpaired) electrons. The summed E-state index contributed by atoms with van der Waals surface area (Å²) in [6, 6.07) is 5.05. The standard InChI is InChI=1S/C11H8ClN3O3/c12-6-1-2-7-8(5-6)14-15-11(7)13-9(16)3-4-10(17)18/h1-5H,(H,17,18)(H2,13,14,15,16)/b4-3+. The van der Waals surface area contributed by atoms with Crippen molar-refractivity contribution in [1.82, 2.24) is 10.2 Å². The SMILES string of the molecule is O=C(O)/C=C/C(=O)Nc1n[nH]c2cc(Cl)ccc12. The summed E-state index contributed by atoms with van der Waals surface area (Å²) < 4.78 is 0. The van der Waals surface area contributed by atoms with Gasteiger partial charge in [0.25, 0.3) is 0 Å². The Morgan fingerprint density at radius 3 is 2.89 bits per heavy atom. The average Bonchev–Trinajstić information content (AvgIpc) is 2.69. The van der Waals surface area contributed by atoms with Crippen molar-refractivity contribution < 1.29 is 14.7 Å². The van der Waals surface area contributed by atoms with Gasteiger partial charge < -0.3 is 10.4 Å². The molecule has 0 saturated heterocycles. The second-order valence-corrected chi connectivity index (χ2v) is 3.86. The zero-order chi connectivity index (χ0) is 13.1. The number of amides is 1. The third-order valence-corrected chi connectivity index (χ3v) is 2.38. The Balaban J connectivity index is 2.22. The highest BCUT2D eigenvalue weighted by molar-refractivity contribution is 6.31. The van der Waals surface area contributed by atoms with Crippen LogP contribution >= 0.6 is 11.6 Å². The Labute approximate surface area is 106 Å². The van der Waals surface area contributed by atoms with Crippen LogP contribution in [0.1, 0.15) is 0 Å². The fourth-order valence-corrected chi connectivity index (χ4v) is 1.56. The number of carbonyl (C=O) groups excluding carboxylic acids is 1. The lowest BCUT2D eigenvalue weighted by Crippen LogP contribution is -2.09. The van der Waals surface area contributed by atoms with E-state index in [1.165, 1.54) is 0 Å². The molecule has 1 aromatic carbocycles. The molecule has 6 nitrogen and oxygen atoms in total. The molecule has 0 bridgehead atoms. The number of benzene rings is 1. The summed E-state index contributed by atoms with van der Waals surface area (Å²) in [5.74, 6) is -1.44. The van der Waals surface area contributed by atoms with Crippen LogP contribution in [-0.4, -0.2) is 27.2 Å². The molecule has 1 aromatic heterocycles. The first-order valence-electron chi connectivity index (χ1n) is 4.92. The highest BCUT2D eigenvalue weighted by atomic mass is 35.5. The molecule has 0 unspecified atom stereocenters. The van der Waals surface area contributed by atoms with E-state index in [-0.39, 0.29) is 0 Å². The smallest absolute Gasteiger partial charge is 0.328 e. The lowest BCUT2D eigenvalue weighted by molar-refractivity contribution is -0.131. The fraction of sp³-hybridized carbons (Fsp3) is 0. The molecule has 0 spiro atoms. The van der Waals surface area contributed by atoms with E-state index in [4.69, 9.17) is 16.7 Å². The molecule has 0 aliphatic rings. The number of nitrogens with one attached hydrogen (secondary N) is 2. The molecule has 92 valence electrons. The van der Waals surface area contributed by atoms with Gasteiger partial charge in [-0.25, -0.2) is 4.79 Å². The summed E-state index contributed by atoms with van der Waals surface area (Å²) in [7, 11) is 0. The Kier molecular flexibility index (Phi) is 3.29. The van der Waals surface area contributed by atoms with E-state index in [1.54, 1.807) is 18.2 Å². The summed E-state index contributed by atoms with van der Waals surface area (Å²) in [6.07, 6.45) is 1.67. The first kappa shape index (κ1) is 12.1. The number of carboxylic acid groups (broad SMARTS) is 1. The summed E-state index contributed by atoms with van der Waals surface area (Å²) in [5.41, 5.74) is 0.681. The maximum atomic E-state index is 11.4. The van der Waals surface area contributed by atoms with Crippen molar-refractivity contribution in [3.05, 3.63) is 35.4 Å². The van der Waals surface area contributed by atoms with E-state index in [0.29, 0.717) is 21.7 Å². The number of aromatic nitrogens is 2. The lowest BCUT2D eigenvalue weighted by atomic mass is 10.2. The number of hydrogen-bond acceptors (Lipinski definition) is 3. The van der Waals surface area contributed by atoms with Gasteiger partial charge in [-0.3, -0.25) is 9.89 Å². The highest BCUT2D eigenvalue weighted by Crippen LogP contribution is 2.23. The largest absolute Gasteiger partial charge is 0.478 e. The molecular weight excluding hydrogens is 258 g/mol. The summed E-state index contributed by atoms with van der Waals surface area (Å²) >= 11 is 5.81. The van der Waals surface area contributed by atoms with Gasteiger partial charge in [0.05, 0.1) is 5.52 Å². The number of aromatic amines is 1. The van der Waals surface area contributed by atoms with E-state index in [0.717, 1.165) is 12.2 Å². The number of anilines is 1. The number of hydrogen-bond donors (Lipinski definition) is 3. The maximum Gasteiger partial charge on any atom is 0.328 e. The number of halogens is 1. The molecule has 0 aliphatic heterocycles. The van der Waals surface area contributed by atoms with Crippen LogP contribution in [0.4, 0.5) is 5.82 Å². The van der Waals surface area contributed by atoms with Crippen LogP contribution in [-0.2, 0) is 9.59 Å². The molecule has 2 aromatic rings. The third-order valence-electron chi connectivity index (χ3n) is 2.14. The molecule has 1 amide bonds. The number of fused-ring (bicyclic) bond motifs is 1. The first-order valence-corrected chi connectivity index (χ1v) is 5.29. The first-order chi connectivity index (χ1) is 8.56. The van der Waals surface area contributed by atoms with Crippen molar-refractivity contribution in [1.29, 1.82) is 0 Å². The van der Waals surface area contributed by atoms with Crippen LogP contribution in [0.3, 0.4) is 0 Å². The van der Waals surface area contributed by atoms with Crippen LogP contribution in [0.25, 0.3) is 10.9 Å². The minimum absolute atomic E-state index is 0.321. The molecule has 7 heteroatoms. The second-order valence-electron chi connectivity index (χ2n) is 3.42. The predicted octanol–water partition coefficient (Wildman–Crippen LogP) is 1.80. The number of aliphatic carboxylic acids is 1. The highest BCUT2D eigenvalue weighted by Gasteiger charge is 2.07. The average molecular weight is 266 g/mol. The van der Waals surface area contributed by atoms with Gasteiger partial charge in [-0.15, -0.1) is 0 Å². The maximum absolute atomic E-state index is 11.4. The normalized spacial score (nSPS) is 10.9. The summed E-state index contributed by atoms with van der Waals surface area (Å²) in [6.45, 7) is 0. The lowest BCUT2D eigenvalue weighted by Gasteiger charge is -1.97. The van der Waals surface area contributed by atoms with Crippen LogP contribution in [0, 0.1) is 0 Å². The minimum atomic E-state index is -1.19. The summed E-state index contributed by atoms with van der Waals surface area (Å²) in [5, 5.41) is 18.7. The van der Waals surface area contributed by atoms with Crippen molar-refractivity contribution in [2.24, 2.45) is 0 Å². The molecule has 1 heterocycles. The molecule has 0 atom stereocenters.